The number of likely N-dealkylation sites (tertiary alicyclic amines) is 1. The molecular formula is C17H24N4O3. The molecular weight excluding hydrogens is 308 g/mol. The molecule has 2 aliphatic heterocycles. The van der Waals surface area contributed by atoms with Crippen LogP contribution in [0.25, 0.3) is 0 Å². The molecule has 2 atom stereocenters. The number of hydrogen-bond donors (Lipinski definition) is 2. The highest BCUT2D eigenvalue weighted by Gasteiger charge is 2.29. The molecule has 2 fully saturated rings. The molecule has 2 saturated heterocycles. The van der Waals surface area contributed by atoms with Crippen LogP contribution in [-0.4, -0.2) is 62.3 Å². The molecule has 0 saturated carbocycles. The van der Waals surface area contributed by atoms with Gasteiger partial charge in [-0.1, -0.05) is 12.1 Å². The first kappa shape index (κ1) is 16.7. The van der Waals surface area contributed by atoms with Gasteiger partial charge < -0.3 is 20.7 Å². The van der Waals surface area contributed by atoms with Crippen LogP contribution in [0.15, 0.2) is 24.3 Å². The number of carbonyl (C=O) groups excluding carboxylic acids is 2. The Kier molecular flexibility index (Phi) is 5.01. The molecule has 24 heavy (non-hydrogen) atoms. The van der Waals surface area contributed by atoms with E-state index in [1.807, 2.05) is 29.2 Å². The number of ether oxygens (including phenoxy) is 1. The fraction of sp³-hybridized carbons (Fsp3) is 0.529. The summed E-state index contributed by atoms with van der Waals surface area (Å²) in [6.07, 6.45) is 1.00. The maximum Gasteiger partial charge on any atom is 0.321 e. The summed E-state index contributed by atoms with van der Waals surface area (Å²) in [5, 5.41) is 2.78. The van der Waals surface area contributed by atoms with Crippen LogP contribution >= 0.6 is 0 Å². The number of methoxy groups -OCH3 is 1. The molecule has 7 heteroatoms. The highest BCUT2D eigenvalue weighted by Crippen LogP contribution is 2.19. The molecule has 3 N–H and O–H groups in total. The largest absolute Gasteiger partial charge is 0.378 e. The number of nitrogens with zero attached hydrogens (tertiary/aromatic N) is 2. The van der Waals surface area contributed by atoms with Crippen LogP contribution in [0.4, 0.5) is 10.5 Å². The third-order valence-electron chi connectivity index (χ3n) is 4.73. The second-order valence-corrected chi connectivity index (χ2v) is 6.29. The van der Waals surface area contributed by atoms with E-state index in [0.29, 0.717) is 32.6 Å². The van der Waals surface area contributed by atoms with Crippen molar-refractivity contribution >= 4 is 17.6 Å². The second-order valence-electron chi connectivity index (χ2n) is 6.29. The van der Waals surface area contributed by atoms with E-state index in [9.17, 15) is 9.59 Å². The number of amides is 3. The van der Waals surface area contributed by atoms with Crippen molar-refractivity contribution in [1.82, 2.24) is 10.2 Å². The average Bonchev–Trinajstić information content (AvgIpc) is 3.02. The molecule has 0 radical (unpaired) electrons. The number of urea groups is 1. The molecule has 0 unspecified atom stereocenters. The zero-order chi connectivity index (χ0) is 17.1. The minimum atomic E-state index is -0.0984. The second kappa shape index (κ2) is 7.19. The van der Waals surface area contributed by atoms with Crippen LogP contribution in [0.3, 0.4) is 0 Å². The summed E-state index contributed by atoms with van der Waals surface area (Å²) in [4.78, 5) is 27.7. The van der Waals surface area contributed by atoms with E-state index in [-0.39, 0.29) is 24.1 Å². The van der Waals surface area contributed by atoms with E-state index >= 15 is 0 Å². The lowest BCUT2D eigenvalue weighted by atomic mass is 10.0. The molecule has 130 valence electrons. The molecule has 3 amide bonds. The number of hydrogen-bond acceptors (Lipinski definition) is 4. The molecule has 7 nitrogen and oxygen atoms in total. The fourth-order valence-corrected chi connectivity index (χ4v) is 3.21. The van der Waals surface area contributed by atoms with Gasteiger partial charge in [0.05, 0.1) is 12.5 Å². The van der Waals surface area contributed by atoms with E-state index in [1.165, 1.54) is 0 Å². The van der Waals surface area contributed by atoms with Crippen molar-refractivity contribution in [2.24, 2.45) is 5.73 Å². The number of nitrogens with two attached hydrogens (primary N) is 1. The zero-order valence-corrected chi connectivity index (χ0v) is 13.9. The van der Waals surface area contributed by atoms with E-state index in [1.54, 1.807) is 12.0 Å². The molecule has 0 spiro atoms. The topological polar surface area (TPSA) is 87.9 Å². The van der Waals surface area contributed by atoms with Gasteiger partial charge in [-0.2, -0.15) is 0 Å². The Hall–Kier alpha value is -2.12. The monoisotopic (exact) mass is 332 g/mol. The maximum atomic E-state index is 12.5. The van der Waals surface area contributed by atoms with Crippen molar-refractivity contribution in [3.05, 3.63) is 29.8 Å². The Labute approximate surface area is 141 Å². The van der Waals surface area contributed by atoms with Gasteiger partial charge in [0, 0.05) is 45.0 Å². The smallest absolute Gasteiger partial charge is 0.321 e. The van der Waals surface area contributed by atoms with Gasteiger partial charge in [0.2, 0.25) is 5.91 Å². The van der Waals surface area contributed by atoms with Crippen molar-refractivity contribution in [1.29, 1.82) is 0 Å². The van der Waals surface area contributed by atoms with Crippen molar-refractivity contribution in [2.75, 3.05) is 38.2 Å². The SMILES string of the molecule is CO[C@H]1CN(C(=O)Cc2ccc(N3CCNC3=O)cc2)CC[C@H]1N. The molecule has 1 aromatic carbocycles. The Balaban J connectivity index is 1.59. The van der Waals surface area contributed by atoms with Crippen LogP contribution in [0.1, 0.15) is 12.0 Å². The first-order chi connectivity index (χ1) is 11.6. The number of piperidine rings is 1. The molecule has 3 rings (SSSR count). The van der Waals surface area contributed by atoms with Gasteiger partial charge in [0.1, 0.15) is 0 Å². The quantitative estimate of drug-likeness (QED) is 0.832. The van der Waals surface area contributed by atoms with Gasteiger partial charge in [-0.3, -0.25) is 9.69 Å². The zero-order valence-electron chi connectivity index (χ0n) is 13.9. The number of rotatable bonds is 4. The van der Waals surface area contributed by atoms with Crippen LogP contribution in [0.5, 0.6) is 0 Å². The summed E-state index contributed by atoms with van der Waals surface area (Å²) in [5.74, 6) is 0.0793. The van der Waals surface area contributed by atoms with E-state index < -0.39 is 0 Å². The van der Waals surface area contributed by atoms with Gasteiger partial charge in [0.25, 0.3) is 0 Å². The molecule has 0 aromatic heterocycles. The molecule has 2 heterocycles. The Morgan fingerprint density at radius 2 is 2.08 bits per heavy atom. The summed E-state index contributed by atoms with van der Waals surface area (Å²) in [6.45, 7) is 2.55. The number of nitrogens with one attached hydrogen (secondary N) is 1. The summed E-state index contributed by atoms with van der Waals surface area (Å²) in [5.41, 5.74) is 7.78. The van der Waals surface area contributed by atoms with Crippen molar-refractivity contribution in [3.63, 3.8) is 0 Å². The first-order valence-corrected chi connectivity index (χ1v) is 8.29. The lowest BCUT2D eigenvalue weighted by Crippen LogP contribution is -2.53. The number of carbonyl (C=O) groups is 2. The van der Waals surface area contributed by atoms with Crippen LogP contribution in [0.2, 0.25) is 0 Å². The highest BCUT2D eigenvalue weighted by atomic mass is 16.5. The van der Waals surface area contributed by atoms with E-state index in [4.69, 9.17) is 10.5 Å². The lowest BCUT2D eigenvalue weighted by Gasteiger charge is -2.36. The van der Waals surface area contributed by atoms with Crippen molar-refractivity contribution in [3.8, 4) is 0 Å². The summed E-state index contributed by atoms with van der Waals surface area (Å²) in [7, 11) is 1.63. The summed E-state index contributed by atoms with van der Waals surface area (Å²) < 4.78 is 5.35. The van der Waals surface area contributed by atoms with Gasteiger partial charge in [-0.15, -0.1) is 0 Å². The Bertz CT molecular complexity index is 604. The van der Waals surface area contributed by atoms with E-state index in [0.717, 1.165) is 17.7 Å². The van der Waals surface area contributed by atoms with Crippen LogP contribution in [-0.2, 0) is 16.0 Å². The molecule has 0 aliphatic carbocycles. The molecule has 2 aliphatic rings. The maximum absolute atomic E-state index is 12.5. The predicted molar refractivity (Wildman–Crippen MR) is 90.9 cm³/mol. The highest BCUT2D eigenvalue weighted by molar-refractivity contribution is 5.94. The third-order valence-corrected chi connectivity index (χ3v) is 4.73. The van der Waals surface area contributed by atoms with Gasteiger partial charge in [-0.05, 0) is 24.1 Å². The van der Waals surface area contributed by atoms with E-state index in [2.05, 4.69) is 5.32 Å². The number of anilines is 1. The van der Waals surface area contributed by atoms with Gasteiger partial charge >= 0.3 is 6.03 Å². The van der Waals surface area contributed by atoms with Crippen molar-refractivity contribution < 1.29 is 14.3 Å². The molecule has 0 bridgehead atoms. The Morgan fingerprint density at radius 3 is 2.71 bits per heavy atom. The van der Waals surface area contributed by atoms with Gasteiger partial charge in [0.15, 0.2) is 0 Å². The van der Waals surface area contributed by atoms with Crippen LogP contribution < -0.4 is 16.0 Å². The minimum Gasteiger partial charge on any atom is -0.378 e. The molecule has 1 aromatic rings. The minimum absolute atomic E-state index is 0.00931. The lowest BCUT2D eigenvalue weighted by molar-refractivity contribution is -0.134. The average molecular weight is 332 g/mol. The third kappa shape index (κ3) is 3.52. The number of benzene rings is 1. The fourth-order valence-electron chi connectivity index (χ4n) is 3.21. The predicted octanol–water partition coefficient (Wildman–Crippen LogP) is 0.333. The Morgan fingerprint density at radius 1 is 1.33 bits per heavy atom. The first-order valence-electron chi connectivity index (χ1n) is 8.29. The standard InChI is InChI=1S/C17H24N4O3/c1-24-15-11-20(8-6-14(15)18)16(22)10-12-2-4-13(5-3-12)21-9-7-19-17(21)23/h2-5,14-15H,6-11,18H2,1H3,(H,19,23)/t14-,15+/m1/s1. The summed E-state index contributed by atoms with van der Waals surface area (Å²) >= 11 is 0. The normalized spacial score (nSPS) is 24.2. The van der Waals surface area contributed by atoms with Gasteiger partial charge in [-0.25, -0.2) is 4.79 Å². The van der Waals surface area contributed by atoms with Crippen LogP contribution in [0, 0.1) is 0 Å². The summed E-state index contributed by atoms with van der Waals surface area (Å²) in [6, 6.07) is 7.50. The van der Waals surface area contributed by atoms with Crippen molar-refractivity contribution in [2.45, 2.75) is 25.0 Å².